The summed E-state index contributed by atoms with van der Waals surface area (Å²) in [5, 5.41) is 10.3. The summed E-state index contributed by atoms with van der Waals surface area (Å²) in [4.78, 5) is 28.5. The standard InChI is InChI=1S/C31H39FN4O4/c1-20-25(27(29(37)38)40-30(2,3)4)26(36-14-12-31(5,6)13-15-36)24(19-33-20)28-34-17-23(18-35-28)39-16-11-21-7-9-22(32)10-8-21/h7-10,17-19,27H,11-16H2,1-6H3,(H,37,38)/t27-/m0/s1. The van der Waals surface area contributed by atoms with Crippen LogP contribution in [0.1, 0.15) is 70.4 Å². The number of carboxylic acid groups (broad SMARTS) is 1. The molecule has 1 saturated heterocycles. The molecular weight excluding hydrogens is 511 g/mol. The highest BCUT2D eigenvalue weighted by Crippen LogP contribution is 2.42. The van der Waals surface area contributed by atoms with E-state index >= 15 is 0 Å². The zero-order valence-corrected chi connectivity index (χ0v) is 24.2. The van der Waals surface area contributed by atoms with Crippen LogP contribution in [0.2, 0.25) is 0 Å². The van der Waals surface area contributed by atoms with Gasteiger partial charge in [0.15, 0.2) is 17.7 Å². The van der Waals surface area contributed by atoms with Crippen LogP contribution in [-0.4, -0.2) is 51.3 Å². The van der Waals surface area contributed by atoms with Crippen molar-refractivity contribution in [1.82, 2.24) is 15.0 Å². The number of piperidine rings is 1. The van der Waals surface area contributed by atoms with Crippen molar-refractivity contribution in [3.63, 3.8) is 0 Å². The lowest BCUT2D eigenvalue weighted by Crippen LogP contribution is -2.39. The number of hydrogen-bond donors (Lipinski definition) is 1. The third-order valence-corrected chi connectivity index (χ3v) is 7.12. The molecule has 0 bridgehead atoms. The van der Waals surface area contributed by atoms with E-state index in [9.17, 15) is 14.3 Å². The third-order valence-electron chi connectivity index (χ3n) is 7.12. The topological polar surface area (TPSA) is 97.7 Å². The van der Waals surface area contributed by atoms with Crippen LogP contribution in [0.4, 0.5) is 10.1 Å². The van der Waals surface area contributed by atoms with E-state index in [1.54, 1.807) is 30.7 Å². The molecular formula is C31H39FN4O4. The molecule has 0 saturated carbocycles. The molecule has 214 valence electrons. The highest BCUT2D eigenvalue weighted by Gasteiger charge is 2.36. The van der Waals surface area contributed by atoms with Crippen LogP contribution < -0.4 is 9.64 Å². The van der Waals surface area contributed by atoms with Gasteiger partial charge in [0.1, 0.15) is 5.82 Å². The van der Waals surface area contributed by atoms with E-state index in [0.29, 0.717) is 41.4 Å². The molecule has 3 aromatic rings. The Balaban J connectivity index is 1.67. The van der Waals surface area contributed by atoms with Crippen molar-refractivity contribution in [1.29, 1.82) is 0 Å². The predicted molar refractivity (Wildman–Crippen MR) is 152 cm³/mol. The first-order valence-corrected chi connectivity index (χ1v) is 13.7. The number of aryl methyl sites for hydroxylation is 1. The number of benzene rings is 1. The first-order chi connectivity index (χ1) is 18.8. The average molecular weight is 551 g/mol. The molecule has 0 unspecified atom stereocenters. The first kappa shape index (κ1) is 29.4. The Morgan fingerprint density at radius 3 is 2.27 bits per heavy atom. The van der Waals surface area contributed by atoms with Gasteiger partial charge in [0.25, 0.3) is 0 Å². The van der Waals surface area contributed by atoms with Gasteiger partial charge in [-0.25, -0.2) is 19.2 Å². The van der Waals surface area contributed by atoms with Crippen LogP contribution in [0, 0.1) is 18.2 Å². The van der Waals surface area contributed by atoms with Crippen LogP contribution in [0.3, 0.4) is 0 Å². The molecule has 9 heteroatoms. The third kappa shape index (κ3) is 7.33. The fourth-order valence-corrected chi connectivity index (χ4v) is 4.82. The highest BCUT2D eigenvalue weighted by atomic mass is 19.1. The van der Waals surface area contributed by atoms with Gasteiger partial charge in [-0.3, -0.25) is 4.98 Å². The van der Waals surface area contributed by atoms with E-state index in [-0.39, 0.29) is 11.2 Å². The minimum atomic E-state index is -1.20. The lowest BCUT2D eigenvalue weighted by atomic mass is 9.82. The van der Waals surface area contributed by atoms with Crippen molar-refractivity contribution in [2.75, 3.05) is 24.6 Å². The normalized spacial score (nSPS) is 16.0. The Morgan fingerprint density at radius 2 is 1.70 bits per heavy atom. The number of hydrogen-bond acceptors (Lipinski definition) is 7. The molecule has 3 heterocycles. The Kier molecular flexibility index (Phi) is 8.73. The van der Waals surface area contributed by atoms with Crippen molar-refractivity contribution >= 4 is 11.7 Å². The molecule has 0 amide bonds. The number of pyridine rings is 1. The molecule has 0 radical (unpaired) electrons. The fourth-order valence-electron chi connectivity index (χ4n) is 4.82. The second kappa shape index (κ2) is 11.9. The quantitative estimate of drug-likeness (QED) is 0.338. The summed E-state index contributed by atoms with van der Waals surface area (Å²) < 4.78 is 25.1. The van der Waals surface area contributed by atoms with Gasteiger partial charge in [-0.2, -0.15) is 0 Å². The second-order valence-electron chi connectivity index (χ2n) is 12.1. The average Bonchev–Trinajstić information content (AvgIpc) is 2.88. The van der Waals surface area contributed by atoms with E-state index in [2.05, 4.69) is 33.7 Å². The number of nitrogens with zero attached hydrogens (tertiary/aromatic N) is 4. The number of aromatic nitrogens is 3. The predicted octanol–water partition coefficient (Wildman–Crippen LogP) is 6.17. The number of carbonyl (C=O) groups is 1. The maximum Gasteiger partial charge on any atom is 0.337 e. The second-order valence-corrected chi connectivity index (χ2v) is 12.1. The number of anilines is 1. The summed E-state index contributed by atoms with van der Waals surface area (Å²) in [6, 6.07) is 6.33. The van der Waals surface area contributed by atoms with Gasteiger partial charge in [-0.15, -0.1) is 0 Å². The summed E-state index contributed by atoms with van der Waals surface area (Å²) >= 11 is 0. The monoisotopic (exact) mass is 550 g/mol. The largest absolute Gasteiger partial charge is 0.490 e. The van der Waals surface area contributed by atoms with Crippen molar-refractivity contribution < 1.29 is 23.8 Å². The molecule has 0 spiro atoms. The number of halogens is 1. The smallest absolute Gasteiger partial charge is 0.337 e. The number of carboxylic acids is 1. The molecule has 1 N–H and O–H groups in total. The molecule has 2 aromatic heterocycles. The summed E-state index contributed by atoms with van der Waals surface area (Å²) in [6.07, 6.45) is 6.28. The maximum atomic E-state index is 13.1. The Hall–Kier alpha value is -3.59. The van der Waals surface area contributed by atoms with Gasteiger partial charge in [0.2, 0.25) is 0 Å². The molecule has 4 rings (SSSR count). The lowest BCUT2D eigenvalue weighted by molar-refractivity contribution is -0.160. The minimum absolute atomic E-state index is 0.205. The van der Waals surface area contributed by atoms with Gasteiger partial charge >= 0.3 is 5.97 Å². The van der Waals surface area contributed by atoms with Crippen molar-refractivity contribution in [2.24, 2.45) is 5.41 Å². The molecule has 8 nitrogen and oxygen atoms in total. The van der Waals surface area contributed by atoms with Crippen LogP contribution in [0.5, 0.6) is 5.75 Å². The Bertz CT molecular complexity index is 1310. The molecule has 1 aliphatic heterocycles. The molecule has 1 fully saturated rings. The van der Waals surface area contributed by atoms with E-state index in [1.165, 1.54) is 12.1 Å². The van der Waals surface area contributed by atoms with Crippen molar-refractivity contribution in [3.05, 3.63) is 65.5 Å². The van der Waals surface area contributed by atoms with E-state index in [4.69, 9.17) is 9.47 Å². The fraction of sp³-hybridized carbons (Fsp3) is 0.484. The molecule has 40 heavy (non-hydrogen) atoms. The number of rotatable bonds is 9. The van der Waals surface area contributed by atoms with Crippen LogP contribution in [0.25, 0.3) is 11.4 Å². The molecule has 1 aliphatic rings. The van der Waals surface area contributed by atoms with E-state index in [1.807, 2.05) is 27.7 Å². The van der Waals surface area contributed by atoms with Gasteiger partial charge < -0.3 is 19.5 Å². The van der Waals surface area contributed by atoms with E-state index < -0.39 is 17.7 Å². The minimum Gasteiger partial charge on any atom is -0.490 e. The summed E-state index contributed by atoms with van der Waals surface area (Å²) in [5.74, 6) is -0.401. The summed E-state index contributed by atoms with van der Waals surface area (Å²) in [6.45, 7) is 13.8. The molecule has 1 aromatic carbocycles. The Labute approximate surface area is 235 Å². The van der Waals surface area contributed by atoms with Gasteiger partial charge in [0.05, 0.1) is 35.9 Å². The number of aliphatic carboxylic acids is 1. The summed E-state index contributed by atoms with van der Waals surface area (Å²) in [7, 11) is 0. The molecule has 0 aliphatic carbocycles. The van der Waals surface area contributed by atoms with Gasteiger partial charge in [-0.1, -0.05) is 26.0 Å². The summed E-state index contributed by atoms with van der Waals surface area (Å²) in [5.41, 5.74) is 3.03. The molecule has 1 atom stereocenters. The first-order valence-electron chi connectivity index (χ1n) is 13.7. The number of ether oxygens (including phenoxy) is 2. The zero-order valence-electron chi connectivity index (χ0n) is 24.2. The van der Waals surface area contributed by atoms with Gasteiger partial charge in [-0.05, 0) is 63.6 Å². The SMILES string of the molecule is Cc1ncc(-c2ncc(OCCc3ccc(F)cc3)cn2)c(N2CCC(C)(C)CC2)c1[C@H](OC(C)(C)C)C(=O)O. The van der Waals surface area contributed by atoms with Crippen LogP contribution in [-0.2, 0) is 16.0 Å². The maximum absolute atomic E-state index is 13.1. The Morgan fingerprint density at radius 1 is 1.07 bits per heavy atom. The van der Waals surface area contributed by atoms with Crippen LogP contribution in [0.15, 0.2) is 42.9 Å². The highest BCUT2D eigenvalue weighted by molar-refractivity contribution is 5.84. The van der Waals surface area contributed by atoms with Crippen LogP contribution >= 0.6 is 0 Å². The van der Waals surface area contributed by atoms with Crippen molar-refractivity contribution in [3.8, 4) is 17.1 Å². The lowest BCUT2D eigenvalue weighted by Gasteiger charge is -2.40. The van der Waals surface area contributed by atoms with Gasteiger partial charge in [0, 0.05) is 37.0 Å². The zero-order chi connectivity index (χ0) is 29.1. The van der Waals surface area contributed by atoms with Crippen molar-refractivity contribution in [2.45, 2.75) is 72.5 Å². The van der Waals surface area contributed by atoms with E-state index in [0.717, 1.165) is 37.2 Å².